The Kier molecular flexibility index (Phi) is 10.7. The first-order valence-corrected chi connectivity index (χ1v) is 15.3. The highest BCUT2D eigenvalue weighted by atomic mass is 35.5. The summed E-state index contributed by atoms with van der Waals surface area (Å²) in [6, 6.07) is 13.7. The molecule has 10 heteroatoms. The molecule has 0 spiro atoms. The van der Waals surface area contributed by atoms with Crippen molar-refractivity contribution in [1.82, 2.24) is 10.2 Å². The highest BCUT2D eigenvalue weighted by Crippen LogP contribution is 2.31. The van der Waals surface area contributed by atoms with E-state index in [0.29, 0.717) is 18.0 Å². The third kappa shape index (κ3) is 8.35. The molecule has 1 N–H and O–H groups in total. The van der Waals surface area contributed by atoms with E-state index in [-0.39, 0.29) is 48.0 Å². The van der Waals surface area contributed by atoms with Crippen LogP contribution in [0, 0.1) is 0 Å². The second kappa shape index (κ2) is 13.5. The van der Waals surface area contributed by atoms with Gasteiger partial charge in [-0.15, -0.1) is 0 Å². The molecule has 1 aliphatic carbocycles. The fraction of sp³-hybridized carbons (Fsp3) is 0.481. The zero-order chi connectivity index (χ0) is 27.0. The maximum Gasteiger partial charge on any atom is 0.243 e. The zero-order valence-electron chi connectivity index (χ0n) is 21.3. The average Bonchev–Trinajstić information content (AvgIpc) is 3.36. The molecular formula is C27H35Cl2N3O4S. The van der Waals surface area contributed by atoms with Gasteiger partial charge in [-0.1, -0.05) is 73.3 Å². The van der Waals surface area contributed by atoms with Crippen molar-refractivity contribution in [1.29, 1.82) is 0 Å². The largest absolute Gasteiger partial charge is 0.352 e. The van der Waals surface area contributed by atoms with E-state index in [1.807, 2.05) is 37.3 Å². The molecule has 0 aliphatic heterocycles. The van der Waals surface area contributed by atoms with Crippen LogP contribution in [-0.4, -0.2) is 50.0 Å². The van der Waals surface area contributed by atoms with Crippen LogP contribution in [0.5, 0.6) is 0 Å². The molecule has 0 heterocycles. The van der Waals surface area contributed by atoms with Crippen molar-refractivity contribution >= 4 is 50.7 Å². The summed E-state index contributed by atoms with van der Waals surface area (Å²) >= 11 is 12.3. The standard InChI is InChI=1S/C27H35Cl2N3O4S/c1-3-24(27(34)30-22-12-7-8-13-22)31(19-20-10-5-4-6-11-20)26(33)14-9-17-32(37(2,35)36)25-18-21(28)15-16-23(25)29/h4-6,10-11,15-16,18,22,24H,3,7-9,12-14,17,19H2,1-2H3,(H,30,34)/t24-/m0/s1. The minimum Gasteiger partial charge on any atom is -0.352 e. The molecule has 7 nitrogen and oxygen atoms in total. The van der Waals surface area contributed by atoms with Crippen LogP contribution >= 0.6 is 23.2 Å². The summed E-state index contributed by atoms with van der Waals surface area (Å²) in [5.74, 6) is -0.343. The van der Waals surface area contributed by atoms with E-state index < -0.39 is 16.1 Å². The fourth-order valence-corrected chi connectivity index (χ4v) is 6.13. The molecule has 0 radical (unpaired) electrons. The molecule has 3 rings (SSSR count). The Morgan fingerprint density at radius 2 is 1.76 bits per heavy atom. The van der Waals surface area contributed by atoms with Gasteiger partial charge in [-0.3, -0.25) is 13.9 Å². The number of amides is 2. The van der Waals surface area contributed by atoms with Crippen molar-refractivity contribution in [2.45, 2.75) is 70.5 Å². The molecule has 1 atom stereocenters. The van der Waals surface area contributed by atoms with Crippen LogP contribution in [0.3, 0.4) is 0 Å². The number of anilines is 1. The number of carbonyl (C=O) groups excluding carboxylic acids is 2. The maximum absolute atomic E-state index is 13.5. The fourth-order valence-electron chi connectivity index (χ4n) is 4.73. The van der Waals surface area contributed by atoms with Crippen LogP contribution in [0.1, 0.15) is 57.4 Å². The van der Waals surface area contributed by atoms with Gasteiger partial charge in [0.05, 0.1) is 17.0 Å². The number of hydrogen-bond acceptors (Lipinski definition) is 4. The van der Waals surface area contributed by atoms with Crippen molar-refractivity contribution in [2.75, 3.05) is 17.1 Å². The van der Waals surface area contributed by atoms with Gasteiger partial charge in [0.2, 0.25) is 21.8 Å². The highest BCUT2D eigenvalue weighted by Gasteiger charge is 2.31. The van der Waals surface area contributed by atoms with E-state index in [9.17, 15) is 18.0 Å². The summed E-state index contributed by atoms with van der Waals surface area (Å²) in [5.41, 5.74) is 1.19. The van der Waals surface area contributed by atoms with Crippen LogP contribution in [0.25, 0.3) is 0 Å². The normalized spacial score (nSPS) is 14.8. The molecule has 0 bridgehead atoms. The zero-order valence-corrected chi connectivity index (χ0v) is 23.7. The number of nitrogens with zero attached hydrogens (tertiary/aromatic N) is 2. The number of rotatable bonds is 12. The van der Waals surface area contributed by atoms with Gasteiger partial charge >= 0.3 is 0 Å². The third-order valence-electron chi connectivity index (χ3n) is 6.61. The summed E-state index contributed by atoms with van der Waals surface area (Å²) in [6.45, 7) is 2.25. The topological polar surface area (TPSA) is 86.8 Å². The molecule has 2 amide bonds. The van der Waals surface area contributed by atoms with E-state index in [1.165, 1.54) is 10.4 Å². The van der Waals surface area contributed by atoms with E-state index >= 15 is 0 Å². The lowest BCUT2D eigenvalue weighted by atomic mass is 10.1. The van der Waals surface area contributed by atoms with Crippen LogP contribution in [0.2, 0.25) is 10.0 Å². The molecule has 37 heavy (non-hydrogen) atoms. The molecule has 2 aromatic carbocycles. The Morgan fingerprint density at radius 3 is 2.38 bits per heavy atom. The monoisotopic (exact) mass is 567 g/mol. The summed E-state index contributed by atoms with van der Waals surface area (Å²) in [4.78, 5) is 28.3. The highest BCUT2D eigenvalue weighted by molar-refractivity contribution is 7.92. The number of sulfonamides is 1. The van der Waals surface area contributed by atoms with Gasteiger partial charge in [-0.05, 0) is 49.4 Å². The predicted octanol–water partition coefficient (Wildman–Crippen LogP) is 5.41. The lowest BCUT2D eigenvalue weighted by Gasteiger charge is -2.32. The lowest BCUT2D eigenvalue weighted by Crippen LogP contribution is -2.51. The van der Waals surface area contributed by atoms with Crippen molar-refractivity contribution in [2.24, 2.45) is 0 Å². The van der Waals surface area contributed by atoms with Crippen LogP contribution < -0.4 is 9.62 Å². The number of carbonyl (C=O) groups is 2. The first kappa shape index (κ1) is 29.3. The molecule has 1 aliphatic rings. The smallest absolute Gasteiger partial charge is 0.243 e. The Hall–Kier alpha value is -2.29. The Morgan fingerprint density at radius 1 is 1.08 bits per heavy atom. The summed E-state index contributed by atoms with van der Waals surface area (Å²) in [7, 11) is -3.67. The van der Waals surface area contributed by atoms with Crippen molar-refractivity contribution in [3.63, 3.8) is 0 Å². The Bertz CT molecular complexity index is 1170. The SMILES string of the molecule is CC[C@@H](C(=O)NC1CCCC1)N(Cc1ccccc1)C(=O)CCCN(c1cc(Cl)ccc1Cl)S(C)(=O)=O. The van der Waals surface area contributed by atoms with E-state index in [0.717, 1.165) is 37.5 Å². The molecule has 1 fully saturated rings. The number of benzene rings is 2. The Labute approximate surface area is 230 Å². The second-order valence-corrected chi connectivity index (χ2v) is 12.2. The summed E-state index contributed by atoms with van der Waals surface area (Å²) < 4.78 is 26.2. The van der Waals surface area contributed by atoms with Crippen molar-refractivity contribution in [3.05, 3.63) is 64.1 Å². The van der Waals surface area contributed by atoms with Crippen molar-refractivity contribution in [3.8, 4) is 0 Å². The molecular weight excluding hydrogens is 533 g/mol. The predicted molar refractivity (Wildman–Crippen MR) is 149 cm³/mol. The molecule has 1 saturated carbocycles. The lowest BCUT2D eigenvalue weighted by molar-refractivity contribution is -0.141. The molecule has 0 unspecified atom stereocenters. The maximum atomic E-state index is 13.5. The van der Waals surface area contributed by atoms with E-state index in [1.54, 1.807) is 17.0 Å². The third-order valence-corrected chi connectivity index (χ3v) is 8.35. The first-order chi connectivity index (χ1) is 17.6. The van der Waals surface area contributed by atoms with E-state index in [2.05, 4.69) is 5.32 Å². The summed E-state index contributed by atoms with van der Waals surface area (Å²) in [6.07, 6.45) is 6.01. The quantitative estimate of drug-likeness (QED) is 0.371. The van der Waals surface area contributed by atoms with Crippen molar-refractivity contribution < 1.29 is 18.0 Å². The van der Waals surface area contributed by atoms with Gasteiger partial charge in [0.15, 0.2) is 0 Å². The van der Waals surface area contributed by atoms with Crippen LogP contribution in [0.15, 0.2) is 48.5 Å². The molecule has 0 aromatic heterocycles. The molecule has 0 saturated heterocycles. The number of nitrogens with one attached hydrogen (secondary N) is 1. The van der Waals surface area contributed by atoms with Gasteiger partial charge in [0, 0.05) is 30.6 Å². The first-order valence-electron chi connectivity index (χ1n) is 12.7. The average molecular weight is 569 g/mol. The van der Waals surface area contributed by atoms with E-state index in [4.69, 9.17) is 23.2 Å². The number of halogens is 2. The summed E-state index contributed by atoms with van der Waals surface area (Å²) in [5, 5.41) is 3.74. The minimum absolute atomic E-state index is 0.0505. The minimum atomic E-state index is -3.67. The molecule has 202 valence electrons. The van der Waals surface area contributed by atoms with Gasteiger partial charge in [0.25, 0.3) is 0 Å². The Balaban J connectivity index is 1.75. The second-order valence-electron chi connectivity index (χ2n) is 9.46. The van der Waals surface area contributed by atoms with Gasteiger partial charge in [-0.2, -0.15) is 0 Å². The molecule has 2 aromatic rings. The van der Waals surface area contributed by atoms with Gasteiger partial charge in [-0.25, -0.2) is 8.42 Å². The van der Waals surface area contributed by atoms with Crippen LogP contribution in [-0.2, 0) is 26.2 Å². The number of hydrogen-bond donors (Lipinski definition) is 1. The van der Waals surface area contributed by atoms with Gasteiger partial charge < -0.3 is 10.2 Å². The van der Waals surface area contributed by atoms with Gasteiger partial charge in [0.1, 0.15) is 6.04 Å². The van der Waals surface area contributed by atoms with Crippen LogP contribution in [0.4, 0.5) is 5.69 Å².